The van der Waals surface area contributed by atoms with Gasteiger partial charge in [-0.3, -0.25) is 10.1 Å². The Morgan fingerprint density at radius 1 is 1.04 bits per heavy atom. The Morgan fingerprint density at radius 3 is 2.54 bits per heavy atom. The quantitative estimate of drug-likeness (QED) is 0.556. The number of carbonyl (C=O) groups excluding carboxylic acids is 1. The number of hydrogen-bond donors (Lipinski definition) is 1. The molecule has 2 aromatic carbocycles. The van der Waals surface area contributed by atoms with Crippen LogP contribution in [0.25, 0.3) is 5.69 Å². The van der Waals surface area contributed by atoms with Gasteiger partial charge in [0.05, 0.1) is 5.69 Å². The van der Waals surface area contributed by atoms with Gasteiger partial charge in [0.15, 0.2) is 5.69 Å². The highest BCUT2D eigenvalue weighted by molar-refractivity contribution is 7.15. The second-order valence-electron chi connectivity index (χ2n) is 6.54. The first kappa shape index (κ1) is 18.1. The molecule has 0 aliphatic carbocycles. The van der Waals surface area contributed by atoms with Crippen molar-refractivity contribution in [2.75, 3.05) is 5.32 Å². The topological polar surface area (TPSA) is 72.7 Å². The zero-order valence-corrected chi connectivity index (χ0v) is 16.4. The molecule has 2 heterocycles. The fourth-order valence-electron chi connectivity index (χ4n) is 2.83. The number of amides is 1. The Hall–Kier alpha value is -3.32. The van der Waals surface area contributed by atoms with Gasteiger partial charge in [-0.2, -0.15) is 5.10 Å². The number of nitrogens with one attached hydrogen (secondary N) is 1. The van der Waals surface area contributed by atoms with Crippen LogP contribution in [0.5, 0.6) is 0 Å². The number of carbonyl (C=O) groups is 1. The molecule has 140 valence electrons. The summed E-state index contributed by atoms with van der Waals surface area (Å²) < 4.78 is 1.75. The van der Waals surface area contributed by atoms with Crippen molar-refractivity contribution in [3.05, 3.63) is 88.2 Å². The zero-order chi connectivity index (χ0) is 19.5. The summed E-state index contributed by atoms with van der Waals surface area (Å²) in [5.74, 6) is -0.296. The van der Waals surface area contributed by atoms with Crippen LogP contribution in [-0.4, -0.2) is 25.9 Å². The summed E-state index contributed by atoms with van der Waals surface area (Å²) in [6.45, 7) is 3.98. The molecule has 1 N–H and O–H groups in total. The normalized spacial score (nSPS) is 10.8. The van der Waals surface area contributed by atoms with E-state index in [4.69, 9.17) is 0 Å². The molecule has 6 nitrogen and oxygen atoms in total. The lowest BCUT2D eigenvalue weighted by Crippen LogP contribution is -2.13. The predicted octanol–water partition coefficient (Wildman–Crippen LogP) is 4.18. The molecule has 0 unspecified atom stereocenters. The van der Waals surface area contributed by atoms with Crippen molar-refractivity contribution in [3.63, 3.8) is 0 Å². The van der Waals surface area contributed by atoms with E-state index in [2.05, 4.69) is 51.8 Å². The van der Waals surface area contributed by atoms with E-state index in [1.54, 1.807) is 10.7 Å². The van der Waals surface area contributed by atoms with E-state index < -0.39 is 0 Å². The summed E-state index contributed by atoms with van der Waals surface area (Å²) >= 11 is 1.37. The number of rotatable bonds is 5. The molecule has 0 spiro atoms. The summed E-state index contributed by atoms with van der Waals surface area (Å²) in [5.41, 5.74) is 4.52. The average molecular weight is 389 g/mol. The SMILES string of the molecule is Cc1ccc(Cc2nnc(NC(=O)c3cc(C)n(-c4ccccc4)n3)s2)cc1. The maximum atomic E-state index is 12.6. The van der Waals surface area contributed by atoms with E-state index in [0.29, 0.717) is 17.2 Å². The molecule has 0 atom stereocenters. The van der Waals surface area contributed by atoms with E-state index in [0.717, 1.165) is 22.0 Å². The molecule has 28 heavy (non-hydrogen) atoms. The minimum atomic E-state index is -0.296. The van der Waals surface area contributed by atoms with Gasteiger partial charge in [-0.1, -0.05) is 59.4 Å². The number of nitrogens with zero attached hydrogens (tertiary/aromatic N) is 4. The second-order valence-corrected chi connectivity index (χ2v) is 7.60. The molecule has 1 amide bonds. The Balaban J connectivity index is 1.46. The van der Waals surface area contributed by atoms with Crippen molar-refractivity contribution in [1.82, 2.24) is 20.0 Å². The van der Waals surface area contributed by atoms with Crippen molar-refractivity contribution in [2.24, 2.45) is 0 Å². The van der Waals surface area contributed by atoms with Crippen LogP contribution in [0, 0.1) is 13.8 Å². The van der Waals surface area contributed by atoms with Crippen LogP contribution in [-0.2, 0) is 6.42 Å². The highest BCUT2D eigenvalue weighted by atomic mass is 32.1. The van der Waals surface area contributed by atoms with Crippen LogP contribution >= 0.6 is 11.3 Å². The van der Waals surface area contributed by atoms with Gasteiger partial charge in [-0.15, -0.1) is 10.2 Å². The Morgan fingerprint density at radius 2 is 1.79 bits per heavy atom. The van der Waals surface area contributed by atoms with E-state index in [1.165, 1.54) is 16.9 Å². The first-order valence-corrected chi connectivity index (χ1v) is 9.71. The third-order valence-electron chi connectivity index (χ3n) is 4.28. The van der Waals surface area contributed by atoms with Gasteiger partial charge in [-0.05, 0) is 37.6 Å². The Kier molecular flexibility index (Phi) is 4.99. The maximum absolute atomic E-state index is 12.6. The summed E-state index contributed by atoms with van der Waals surface area (Å²) in [7, 11) is 0. The molecule has 0 radical (unpaired) electrons. The van der Waals surface area contributed by atoms with Gasteiger partial charge in [0.1, 0.15) is 5.01 Å². The molecule has 0 saturated heterocycles. The van der Waals surface area contributed by atoms with Crippen LogP contribution in [0.4, 0.5) is 5.13 Å². The molecular weight excluding hydrogens is 370 g/mol. The molecule has 0 aliphatic rings. The molecule has 0 aliphatic heterocycles. The van der Waals surface area contributed by atoms with Crippen LogP contribution in [0.3, 0.4) is 0 Å². The molecule has 0 saturated carbocycles. The van der Waals surface area contributed by atoms with Crippen molar-refractivity contribution in [1.29, 1.82) is 0 Å². The number of para-hydroxylation sites is 1. The van der Waals surface area contributed by atoms with Gasteiger partial charge in [0.25, 0.3) is 5.91 Å². The summed E-state index contributed by atoms with van der Waals surface area (Å²) in [4.78, 5) is 12.6. The smallest absolute Gasteiger partial charge is 0.278 e. The lowest BCUT2D eigenvalue weighted by molar-refractivity contribution is 0.102. The molecule has 4 aromatic rings. The maximum Gasteiger partial charge on any atom is 0.278 e. The molecular formula is C21H19N5OS. The summed E-state index contributed by atoms with van der Waals surface area (Å²) in [6, 6.07) is 19.8. The zero-order valence-electron chi connectivity index (χ0n) is 15.6. The average Bonchev–Trinajstić information content (AvgIpc) is 3.31. The minimum absolute atomic E-state index is 0.296. The minimum Gasteiger partial charge on any atom is -0.295 e. The fourth-order valence-corrected chi connectivity index (χ4v) is 3.60. The van der Waals surface area contributed by atoms with Crippen LogP contribution in [0.1, 0.15) is 32.3 Å². The van der Waals surface area contributed by atoms with Gasteiger partial charge in [0, 0.05) is 12.1 Å². The number of anilines is 1. The standard InChI is InChI=1S/C21H19N5OS/c1-14-8-10-16(11-9-14)13-19-23-24-21(28-19)22-20(27)18-12-15(2)26(25-18)17-6-4-3-5-7-17/h3-12H,13H2,1-2H3,(H,22,24,27). The first-order chi connectivity index (χ1) is 13.6. The number of hydrogen-bond acceptors (Lipinski definition) is 5. The summed E-state index contributed by atoms with van der Waals surface area (Å²) in [5, 5.41) is 16.8. The van der Waals surface area contributed by atoms with Crippen molar-refractivity contribution in [2.45, 2.75) is 20.3 Å². The van der Waals surface area contributed by atoms with Crippen LogP contribution in [0.15, 0.2) is 60.7 Å². The Labute approximate surface area is 166 Å². The highest BCUT2D eigenvalue weighted by Crippen LogP contribution is 2.20. The third-order valence-corrected chi connectivity index (χ3v) is 5.12. The van der Waals surface area contributed by atoms with Gasteiger partial charge >= 0.3 is 0 Å². The van der Waals surface area contributed by atoms with Crippen molar-refractivity contribution >= 4 is 22.4 Å². The largest absolute Gasteiger partial charge is 0.295 e. The highest BCUT2D eigenvalue weighted by Gasteiger charge is 2.15. The number of aromatic nitrogens is 4. The van der Waals surface area contributed by atoms with Gasteiger partial charge < -0.3 is 0 Å². The molecule has 4 rings (SSSR count). The van der Waals surface area contributed by atoms with Crippen molar-refractivity contribution in [3.8, 4) is 5.69 Å². The molecule has 2 aromatic heterocycles. The number of aryl methyl sites for hydroxylation is 2. The molecule has 7 heteroatoms. The van der Waals surface area contributed by atoms with E-state index in [9.17, 15) is 4.79 Å². The molecule has 0 fully saturated rings. The van der Waals surface area contributed by atoms with E-state index in [-0.39, 0.29) is 5.91 Å². The van der Waals surface area contributed by atoms with Gasteiger partial charge in [0.2, 0.25) is 5.13 Å². The van der Waals surface area contributed by atoms with Crippen LogP contribution < -0.4 is 5.32 Å². The summed E-state index contributed by atoms with van der Waals surface area (Å²) in [6.07, 6.45) is 0.690. The van der Waals surface area contributed by atoms with E-state index in [1.807, 2.05) is 37.3 Å². The first-order valence-electron chi connectivity index (χ1n) is 8.90. The van der Waals surface area contributed by atoms with E-state index >= 15 is 0 Å². The van der Waals surface area contributed by atoms with Crippen LogP contribution in [0.2, 0.25) is 0 Å². The lowest BCUT2D eigenvalue weighted by Gasteiger charge is -2.02. The van der Waals surface area contributed by atoms with Crippen molar-refractivity contribution < 1.29 is 4.79 Å². The fraction of sp³-hybridized carbons (Fsp3) is 0.143. The third kappa shape index (κ3) is 3.99. The monoisotopic (exact) mass is 389 g/mol. The Bertz CT molecular complexity index is 1100. The predicted molar refractivity (Wildman–Crippen MR) is 110 cm³/mol. The lowest BCUT2D eigenvalue weighted by atomic mass is 10.1. The van der Waals surface area contributed by atoms with Gasteiger partial charge in [-0.25, -0.2) is 4.68 Å². The second kappa shape index (κ2) is 7.74. The molecule has 0 bridgehead atoms. The number of benzene rings is 2.